The summed E-state index contributed by atoms with van der Waals surface area (Å²) in [5.41, 5.74) is 11.1. The van der Waals surface area contributed by atoms with E-state index in [0.717, 1.165) is 28.9 Å². The third kappa shape index (κ3) is 2.39. The Hall–Kier alpha value is -2.29. The highest BCUT2D eigenvalue weighted by Gasteiger charge is 2.24. The van der Waals surface area contributed by atoms with Crippen molar-refractivity contribution in [3.63, 3.8) is 0 Å². The summed E-state index contributed by atoms with van der Waals surface area (Å²) >= 11 is 0. The van der Waals surface area contributed by atoms with Crippen LogP contribution >= 0.6 is 0 Å². The molecule has 102 valence electrons. The Balaban J connectivity index is 1.93. The zero-order valence-corrected chi connectivity index (χ0v) is 11.6. The molecule has 3 heteroatoms. The molecular formula is C17H18N2O. The zero-order valence-electron chi connectivity index (χ0n) is 11.6. The van der Waals surface area contributed by atoms with Crippen molar-refractivity contribution in [2.75, 3.05) is 10.6 Å². The molecule has 0 saturated heterocycles. The normalized spacial score (nSPS) is 14.2. The number of hydrogen-bond acceptors (Lipinski definition) is 2. The lowest BCUT2D eigenvalue weighted by Crippen LogP contribution is -2.34. The van der Waals surface area contributed by atoms with Crippen molar-refractivity contribution in [1.82, 2.24) is 0 Å². The molecule has 0 saturated carbocycles. The Labute approximate surface area is 119 Å². The molecule has 1 aliphatic rings. The van der Waals surface area contributed by atoms with Crippen LogP contribution in [0.4, 0.5) is 11.4 Å². The summed E-state index contributed by atoms with van der Waals surface area (Å²) in [6.45, 7) is 2.68. The lowest BCUT2D eigenvalue weighted by molar-refractivity contribution is -0.119. The standard InChI is InChI=1S/C17H18N2O/c1-12-2-4-13(5-3-12)11-19-16-8-7-15(18)10-14(16)6-9-17(19)20/h2-5,7-8,10H,6,9,11,18H2,1H3. The van der Waals surface area contributed by atoms with Crippen molar-refractivity contribution in [3.8, 4) is 0 Å². The molecule has 0 fully saturated rings. The fourth-order valence-electron chi connectivity index (χ4n) is 2.63. The van der Waals surface area contributed by atoms with Gasteiger partial charge in [0.05, 0.1) is 6.54 Å². The molecule has 0 aromatic heterocycles. The van der Waals surface area contributed by atoms with Gasteiger partial charge in [0.2, 0.25) is 5.91 Å². The van der Waals surface area contributed by atoms with Gasteiger partial charge in [-0.2, -0.15) is 0 Å². The van der Waals surface area contributed by atoms with E-state index in [2.05, 4.69) is 31.2 Å². The fraction of sp³-hybridized carbons (Fsp3) is 0.235. The summed E-state index contributed by atoms with van der Waals surface area (Å²) in [6, 6.07) is 14.1. The molecule has 0 spiro atoms. The Morgan fingerprint density at radius 3 is 2.60 bits per heavy atom. The molecule has 1 heterocycles. The molecule has 0 unspecified atom stereocenters. The number of benzene rings is 2. The predicted octanol–water partition coefficient (Wildman–Crippen LogP) is 3.06. The predicted molar refractivity (Wildman–Crippen MR) is 81.5 cm³/mol. The first-order chi connectivity index (χ1) is 9.63. The number of amides is 1. The van der Waals surface area contributed by atoms with Crippen LogP contribution in [0.1, 0.15) is 23.1 Å². The van der Waals surface area contributed by atoms with Crippen molar-refractivity contribution in [2.45, 2.75) is 26.3 Å². The number of carbonyl (C=O) groups is 1. The first kappa shape index (κ1) is 12.7. The van der Waals surface area contributed by atoms with Gasteiger partial charge in [-0.15, -0.1) is 0 Å². The van der Waals surface area contributed by atoms with Crippen LogP contribution < -0.4 is 10.6 Å². The summed E-state index contributed by atoms with van der Waals surface area (Å²) in [6.07, 6.45) is 1.34. The van der Waals surface area contributed by atoms with Gasteiger partial charge in [-0.25, -0.2) is 0 Å². The number of hydrogen-bond donors (Lipinski definition) is 1. The van der Waals surface area contributed by atoms with Crippen molar-refractivity contribution >= 4 is 17.3 Å². The van der Waals surface area contributed by atoms with Gasteiger partial charge in [-0.1, -0.05) is 29.8 Å². The summed E-state index contributed by atoms with van der Waals surface area (Å²) in [7, 11) is 0. The Bertz CT molecular complexity index is 647. The van der Waals surface area contributed by atoms with E-state index in [9.17, 15) is 4.79 Å². The number of fused-ring (bicyclic) bond motifs is 1. The van der Waals surface area contributed by atoms with Crippen LogP contribution in [0.25, 0.3) is 0 Å². The average Bonchev–Trinajstić information content (AvgIpc) is 2.44. The van der Waals surface area contributed by atoms with Gasteiger partial charge < -0.3 is 10.6 Å². The highest BCUT2D eigenvalue weighted by molar-refractivity contribution is 5.96. The van der Waals surface area contributed by atoms with Gasteiger partial charge in [0.1, 0.15) is 0 Å². The van der Waals surface area contributed by atoms with Crippen LogP contribution in [-0.4, -0.2) is 5.91 Å². The van der Waals surface area contributed by atoms with Gasteiger partial charge in [-0.3, -0.25) is 4.79 Å². The van der Waals surface area contributed by atoms with Crippen molar-refractivity contribution in [2.24, 2.45) is 0 Å². The van der Waals surface area contributed by atoms with Crippen LogP contribution in [0.15, 0.2) is 42.5 Å². The molecule has 0 radical (unpaired) electrons. The summed E-state index contributed by atoms with van der Waals surface area (Å²) in [5.74, 6) is 0.183. The Morgan fingerprint density at radius 2 is 1.85 bits per heavy atom. The molecule has 0 atom stereocenters. The third-order valence-corrected chi connectivity index (χ3v) is 3.76. The van der Waals surface area contributed by atoms with Gasteiger partial charge in [-0.05, 0) is 42.7 Å². The number of nitrogen functional groups attached to an aromatic ring is 1. The van der Waals surface area contributed by atoms with Gasteiger partial charge in [0.25, 0.3) is 0 Å². The van der Waals surface area contributed by atoms with Crippen LogP contribution in [0, 0.1) is 6.92 Å². The minimum absolute atomic E-state index is 0.183. The third-order valence-electron chi connectivity index (χ3n) is 3.76. The van der Waals surface area contributed by atoms with Gasteiger partial charge >= 0.3 is 0 Å². The maximum absolute atomic E-state index is 12.2. The van der Waals surface area contributed by atoms with Crippen molar-refractivity contribution in [1.29, 1.82) is 0 Å². The maximum atomic E-state index is 12.2. The number of aryl methyl sites for hydroxylation is 2. The molecule has 3 nitrogen and oxygen atoms in total. The second-order valence-electron chi connectivity index (χ2n) is 5.35. The fourth-order valence-corrected chi connectivity index (χ4v) is 2.63. The van der Waals surface area contributed by atoms with Gasteiger partial charge in [0, 0.05) is 17.8 Å². The van der Waals surface area contributed by atoms with Crippen LogP contribution in [0.2, 0.25) is 0 Å². The summed E-state index contributed by atoms with van der Waals surface area (Å²) in [4.78, 5) is 14.1. The van der Waals surface area contributed by atoms with Crippen molar-refractivity contribution < 1.29 is 4.79 Å². The summed E-state index contributed by atoms with van der Waals surface area (Å²) in [5, 5.41) is 0. The maximum Gasteiger partial charge on any atom is 0.227 e. The van der Waals surface area contributed by atoms with E-state index in [1.54, 1.807) is 0 Å². The SMILES string of the molecule is Cc1ccc(CN2C(=O)CCc3cc(N)ccc32)cc1. The van der Waals surface area contributed by atoms with Crippen molar-refractivity contribution in [3.05, 3.63) is 59.2 Å². The van der Waals surface area contributed by atoms with E-state index in [4.69, 9.17) is 5.73 Å². The first-order valence-electron chi connectivity index (χ1n) is 6.88. The molecule has 0 bridgehead atoms. The van der Waals surface area contributed by atoms with E-state index < -0.39 is 0 Å². The quantitative estimate of drug-likeness (QED) is 0.849. The molecule has 3 rings (SSSR count). The summed E-state index contributed by atoms with van der Waals surface area (Å²) < 4.78 is 0. The van der Waals surface area contributed by atoms with Gasteiger partial charge in [0.15, 0.2) is 0 Å². The number of nitrogens with zero attached hydrogens (tertiary/aromatic N) is 1. The highest BCUT2D eigenvalue weighted by atomic mass is 16.2. The number of anilines is 2. The topological polar surface area (TPSA) is 46.3 Å². The van der Waals surface area contributed by atoms with E-state index in [-0.39, 0.29) is 5.91 Å². The second-order valence-corrected chi connectivity index (χ2v) is 5.35. The number of nitrogens with two attached hydrogens (primary N) is 1. The lowest BCUT2D eigenvalue weighted by Gasteiger charge is -2.29. The number of carbonyl (C=O) groups excluding carboxylic acids is 1. The smallest absolute Gasteiger partial charge is 0.227 e. The van der Waals surface area contributed by atoms with E-state index in [1.807, 2.05) is 23.1 Å². The second kappa shape index (κ2) is 5.00. The average molecular weight is 266 g/mol. The molecule has 1 amide bonds. The molecule has 20 heavy (non-hydrogen) atoms. The van der Waals surface area contributed by atoms with E-state index in [0.29, 0.717) is 13.0 Å². The minimum Gasteiger partial charge on any atom is -0.399 e. The molecule has 1 aliphatic heterocycles. The molecular weight excluding hydrogens is 248 g/mol. The van der Waals surface area contributed by atoms with E-state index in [1.165, 1.54) is 5.56 Å². The zero-order chi connectivity index (χ0) is 14.1. The largest absolute Gasteiger partial charge is 0.399 e. The monoisotopic (exact) mass is 266 g/mol. The molecule has 2 aromatic carbocycles. The first-order valence-corrected chi connectivity index (χ1v) is 6.88. The number of rotatable bonds is 2. The van der Waals surface area contributed by atoms with Crippen LogP contribution in [-0.2, 0) is 17.8 Å². The molecule has 2 N–H and O–H groups in total. The lowest BCUT2D eigenvalue weighted by atomic mass is 9.99. The molecule has 0 aliphatic carbocycles. The van der Waals surface area contributed by atoms with Crippen LogP contribution in [0.3, 0.4) is 0 Å². The minimum atomic E-state index is 0.183. The van der Waals surface area contributed by atoms with Crippen LogP contribution in [0.5, 0.6) is 0 Å². The Morgan fingerprint density at radius 1 is 1.10 bits per heavy atom. The Kier molecular flexibility index (Phi) is 3.18. The van der Waals surface area contributed by atoms with E-state index >= 15 is 0 Å². The highest BCUT2D eigenvalue weighted by Crippen LogP contribution is 2.30. The molecule has 2 aromatic rings.